The van der Waals surface area contributed by atoms with E-state index in [9.17, 15) is 4.79 Å². The molecule has 3 aromatic carbocycles. The van der Waals surface area contributed by atoms with E-state index in [1.54, 1.807) is 43.5 Å². The van der Waals surface area contributed by atoms with Crippen LogP contribution in [0.4, 0.5) is 14.5 Å². The number of anilines is 1. The number of fused-ring (bicyclic) bond motifs is 1. The van der Waals surface area contributed by atoms with Gasteiger partial charge in [0.2, 0.25) is 0 Å². The highest BCUT2D eigenvalue weighted by molar-refractivity contribution is 5.85. The highest BCUT2D eigenvalue weighted by atomic mass is 19.3. The van der Waals surface area contributed by atoms with Crippen molar-refractivity contribution in [1.29, 1.82) is 0 Å². The summed E-state index contributed by atoms with van der Waals surface area (Å²) in [5.74, 6) is 0.0736. The van der Waals surface area contributed by atoms with Gasteiger partial charge in [-0.15, -0.1) is 0 Å². The van der Waals surface area contributed by atoms with Crippen LogP contribution in [0, 0.1) is 5.92 Å². The fourth-order valence-electron chi connectivity index (χ4n) is 5.13. The summed E-state index contributed by atoms with van der Waals surface area (Å²) in [6.45, 7) is 4.72. The standard InChI is InChI=1S/C30H31F2NO3/c1-20(2)18-22-6-11-25(12-7-22)33-17-16-23-19-26(36-3)13-14-27(23)30(33,29(31)32)24-9-4-21(5-10-24)8-15-28(34)35/h4-15,19-20,29H,16-18H2,1-3H3,(H,34,35). The number of carboxylic acids is 1. The highest BCUT2D eigenvalue weighted by Crippen LogP contribution is 2.48. The van der Waals surface area contributed by atoms with E-state index in [-0.39, 0.29) is 0 Å². The topological polar surface area (TPSA) is 49.8 Å². The van der Waals surface area contributed by atoms with Crippen LogP contribution in [0.1, 0.15) is 41.7 Å². The Morgan fingerprint density at radius 2 is 1.78 bits per heavy atom. The normalized spacial score (nSPS) is 17.6. The molecule has 0 radical (unpaired) electrons. The number of hydrogen-bond donors (Lipinski definition) is 1. The lowest BCUT2D eigenvalue weighted by atomic mass is 9.75. The average molecular weight is 492 g/mol. The molecule has 0 aromatic heterocycles. The smallest absolute Gasteiger partial charge is 0.328 e. The van der Waals surface area contributed by atoms with Gasteiger partial charge in [-0.1, -0.05) is 56.3 Å². The Balaban J connectivity index is 1.88. The first-order chi connectivity index (χ1) is 17.2. The molecule has 1 aliphatic heterocycles. The summed E-state index contributed by atoms with van der Waals surface area (Å²) in [6.07, 6.45) is 1.28. The second-order valence-corrected chi connectivity index (χ2v) is 9.55. The zero-order valence-electron chi connectivity index (χ0n) is 20.7. The van der Waals surface area contributed by atoms with Crippen LogP contribution in [0.5, 0.6) is 5.75 Å². The van der Waals surface area contributed by atoms with Crippen molar-refractivity contribution in [3.8, 4) is 5.75 Å². The Hall–Kier alpha value is -3.67. The van der Waals surface area contributed by atoms with Gasteiger partial charge in [0.15, 0.2) is 5.54 Å². The number of benzene rings is 3. The summed E-state index contributed by atoms with van der Waals surface area (Å²) >= 11 is 0. The minimum atomic E-state index is -2.74. The van der Waals surface area contributed by atoms with E-state index in [1.807, 2.05) is 35.2 Å². The van der Waals surface area contributed by atoms with E-state index in [0.717, 1.165) is 23.7 Å². The molecule has 0 saturated heterocycles. The summed E-state index contributed by atoms with van der Waals surface area (Å²) in [4.78, 5) is 12.7. The summed E-state index contributed by atoms with van der Waals surface area (Å²) < 4.78 is 36.4. The number of halogens is 2. The van der Waals surface area contributed by atoms with Crippen LogP contribution < -0.4 is 9.64 Å². The maximum atomic E-state index is 15.5. The minimum Gasteiger partial charge on any atom is -0.497 e. The number of carbonyl (C=O) groups is 1. The average Bonchev–Trinajstić information content (AvgIpc) is 2.86. The second kappa shape index (κ2) is 10.5. The molecule has 1 heterocycles. The number of alkyl halides is 2. The molecule has 1 aliphatic rings. The van der Waals surface area contributed by atoms with Crippen molar-refractivity contribution >= 4 is 17.7 Å². The van der Waals surface area contributed by atoms with E-state index < -0.39 is 17.9 Å². The largest absolute Gasteiger partial charge is 0.497 e. The molecule has 0 amide bonds. The van der Waals surface area contributed by atoms with Crippen molar-refractivity contribution in [3.05, 3.63) is 101 Å². The Morgan fingerprint density at radius 3 is 2.36 bits per heavy atom. The van der Waals surface area contributed by atoms with Crippen LogP contribution in [-0.2, 0) is 23.2 Å². The lowest BCUT2D eigenvalue weighted by molar-refractivity contribution is -0.131. The van der Waals surface area contributed by atoms with E-state index in [0.29, 0.717) is 41.3 Å². The van der Waals surface area contributed by atoms with Crippen molar-refractivity contribution in [3.63, 3.8) is 0 Å². The van der Waals surface area contributed by atoms with Gasteiger partial charge in [-0.25, -0.2) is 13.6 Å². The first-order valence-corrected chi connectivity index (χ1v) is 12.1. The molecule has 1 atom stereocenters. The summed E-state index contributed by atoms with van der Waals surface area (Å²) in [7, 11) is 1.57. The molecule has 6 heteroatoms. The third-order valence-electron chi connectivity index (χ3n) is 6.73. The van der Waals surface area contributed by atoms with Gasteiger partial charge in [-0.05, 0) is 76.9 Å². The summed E-state index contributed by atoms with van der Waals surface area (Å²) in [6, 6.07) is 20.0. The van der Waals surface area contributed by atoms with Gasteiger partial charge in [0.25, 0.3) is 6.43 Å². The molecule has 3 aromatic rings. The SMILES string of the molecule is COc1ccc2c(c1)CCN(c1ccc(CC(C)C)cc1)C2(c1ccc(C=CC(=O)O)cc1)C(F)F. The van der Waals surface area contributed by atoms with Crippen molar-refractivity contribution in [2.24, 2.45) is 5.92 Å². The van der Waals surface area contributed by atoms with Crippen LogP contribution in [-0.4, -0.2) is 31.2 Å². The summed E-state index contributed by atoms with van der Waals surface area (Å²) in [5.41, 5.74) is 2.64. The van der Waals surface area contributed by atoms with Crippen molar-refractivity contribution < 1.29 is 23.4 Å². The Kier molecular flexibility index (Phi) is 7.43. The maximum absolute atomic E-state index is 15.5. The number of aliphatic carboxylic acids is 1. The van der Waals surface area contributed by atoms with Crippen LogP contribution >= 0.6 is 0 Å². The van der Waals surface area contributed by atoms with Crippen molar-refractivity contribution in [2.75, 3.05) is 18.6 Å². The molecule has 0 fully saturated rings. The first-order valence-electron chi connectivity index (χ1n) is 12.1. The molecule has 36 heavy (non-hydrogen) atoms. The Bertz CT molecular complexity index is 1240. The number of methoxy groups -OCH3 is 1. The van der Waals surface area contributed by atoms with E-state index >= 15 is 8.78 Å². The summed E-state index contributed by atoms with van der Waals surface area (Å²) in [5, 5.41) is 8.92. The second-order valence-electron chi connectivity index (χ2n) is 9.55. The highest BCUT2D eigenvalue weighted by Gasteiger charge is 2.51. The van der Waals surface area contributed by atoms with Gasteiger partial charge < -0.3 is 14.7 Å². The Morgan fingerprint density at radius 1 is 1.08 bits per heavy atom. The van der Waals surface area contributed by atoms with Crippen molar-refractivity contribution in [1.82, 2.24) is 0 Å². The molecule has 0 spiro atoms. The molecule has 188 valence electrons. The fourth-order valence-corrected chi connectivity index (χ4v) is 5.13. The third-order valence-corrected chi connectivity index (χ3v) is 6.73. The molecule has 4 rings (SSSR count). The number of rotatable bonds is 8. The zero-order valence-corrected chi connectivity index (χ0v) is 20.7. The fraction of sp³-hybridized carbons (Fsp3) is 0.300. The third kappa shape index (κ3) is 4.85. The molecule has 0 bridgehead atoms. The van der Waals surface area contributed by atoms with Crippen LogP contribution in [0.25, 0.3) is 6.08 Å². The number of ether oxygens (including phenoxy) is 1. The van der Waals surface area contributed by atoms with Crippen molar-refractivity contribution in [2.45, 2.75) is 38.7 Å². The monoisotopic (exact) mass is 491 g/mol. The van der Waals surface area contributed by atoms with Gasteiger partial charge >= 0.3 is 5.97 Å². The molecule has 0 aliphatic carbocycles. The zero-order chi connectivity index (χ0) is 25.9. The van der Waals surface area contributed by atoms with Gasteiger partial charge in [-0.2, -0.15) is 0 Å². The molecule has 0 saturated carbocycles. The molecular weight excluding hydrogens is 460 g/mol. The van der Waals surface area contributed by atoms with E-state index in [2.05, 4.69) is 13.8 Å². The van der Waals surface area contributed by atoms with Gasteiger partial charge in [0.1, 0.15) is 5.75 Å². The van der Waals surface area contributed by atoms with Crippen LogP contribution in [0.15, 0.2) is 72.8 Å². The van der Waals surface area contributed by atoms with Gasteiger partial charge in [0, 0.05) is 18.3 Å². The number of hydrogen-bond acceptors (Lipinski definition) is 3. The predicted molar refractivity (Wildman–Crippen MR) is 139 cm³/mol. The number of carboxylic acid groups (broad SMARTS) is 1. The lowest BCUT2D eigenvalue weighted by Crippen LogP contribution is -2.56. The quantitative estimate of drug-likeness (QED) is 0.363. The maximum Gasteiger partial charge on any atom is 0.328 e. The van der Waals surface area contributed by atoms with E-state index in [1.165, 1.54) is 11.6 Å². The molecule has 1 N–H and O–H groups in total. The van der Waals surface area contributed by atoms with Gasteiger partial charge in [0.05, 0.1) is 7.11 Å². The van der Waals surface area contributed by atoms with E-state index in [4.69, 9.17) is 9.84 Å². The Labute approximate surface area is 210 Å². The first kappa shape index (κ1) is 25.4. The van der Waals surface area contributed by atoms with Crippen LogP contribution in [0.3, 0.4) is 0 Å². The number of nitrogens with zero attached hydrogens (tertiary/aromatic N) is 1. The lowest BCUT2D eigenvalue weighted by Gasteiger charge is -2.49. The van der Waals surface area contributed by atoms with Gasteiger partial charge in [-0.3, -0.25) is 0 Å². The predicted octanol–water partition coefficient (Wildman–Crippen LogP) is 6.56. The minimum absolute atomic E-state index is 0.411. The molecule has 1 unspecified atom stereocenters. The molecular formula is C30H31F2NO3. The molecule has 4 nitrogen and oxygen atoms in total. The van der Waals surface area contributed by atoms with Crippen LogP contribution in [0.2, 0.25) is 0 Å².